The maximum absolute atomic E-state index is 12.4. The van der Waals surface area contributed by atoms with E-state index in [-0.39, 0.29) is 5.91 Å². The molecule has 0 bridgehead atoms. The largest absolute Gasteiger partial charge is 0.382 e. The van der Waals surface area contributed by atoms with Gasteiger partial charge in [-0.1, -0.05) is 54.0 Å². The van der Waals surface area contributed by atoms with Crippen LogP contribution in [0.2, 0.25) is 10.0 Å². The predicted molar refractivity (Wildman–Crippen MR) is 147 cm³/mol. The van der Waals surface area contributed by atoms with E-state index in [1.165, 1.54) is 25.8 Å². The summed E-state index contributed by atoms with van der Waals surface area (Å²) in [5.41, 5.74) is 1.86. The van der Waals surface area contributed by atoms with Crippen LogP contribution in [0, 0.1) is 0 Å². The molecule has 0 saturated carbocycles. The van der Waals surface area contributed by atoms with Gasteiger partial charge >= 0.3 is 0 Å². The Morgan fingerprint density at radius 2 is 1.89 bits per heavy atom. The molecule has 2 aliphatic heterocycles. The lowest BCUT2D eigenvalue weighted by Gasteiger charge is -2.32. The fraction of sp³-hybridized carbons (Fsp3) is 0.444. The average Bonchev–Trinajstić information content (AvgIpc) is 2.88. The van der Waals surface area contributed by atoms with Gasteiger partial charge in [0.15, 0.2) is 0 Å². The van der Waals surface area contributed by atoms with Crippen LogP contribution in [-0.4, -0.2) is 67.7 Å². The van der Waals surface area contributed by atoms with Crippen LogP contribution in [0.4, 0.5) is 5.69 Å². The van der Waals surface area contributed by atoms with E-state index in [2.05, 4.69) is 41.4 Å². The topological polar surface area (TPSA) is 44.8 Å². The SMILES string of the molecule is CCCN1CCC(Nc2cccc(Sc3ccc(C=CC(=O)N4CCOCC4)c(Cl)c3Cl)c2)CC1. The Morgan fingerprint density at radius 1 is 1.11 bits per heavy atom. The molecule has 2 saturated heterocycles. The second-order valence-corrected chi connectivity index (χ2v) is 10.8. The molecule has 2 heterocycles. The van der Waals surface area contributed by atoms with Crippen LogP contribution in [0.25, 0.3) is 6.08 Å². The van der Waals surface area contributed by atoms with Gasteiger partial charge in [-0.05, 0) is 61.7 Å². The van der Waals surface area contributed by atoms with Crippen LogP contribution < -0.4 is 5.32 Å². The van der Waals surface area contributed by atoms with Gasteiger partial charge in [0.05, 0.1) is 23.3 Å². The number of carbonyl (C=O) groups is 1. The van der Waals surface area contributed by atoms with Crippen molar-refractivity contribution in [3.05, 3.63) is 58.1 Å². The molecule has 0 unspecified atom stereocenters. The number of nitrogens with zero attached hydrogens (tertiary/aromatic N) is 2. The summed E-state index contributed by atoms with van der Waals surface area (Å²) < 4.78 is 5.30. The van der Waals surface area contributed by atoms with E-state index in [0.717, 1.165) is 34.1 Å². The van der Waals surface area contributed by atoms with Crippen molar-refractivity contribution in [1.82, 2.24) is 9.80 Å². The summed E-state index contributed by atoms with van der Waals surface area (Å²) in [6.45, 7) is 8.13. The molecule has 188 valence electrons. The Hall–Kier alpha value is -1.70. The first-order chi connectivity index (χ1) is 17.0. The number of hydrogen-bond donors (Lipinski definition) is 1. The third kappa shape index (κ3) is 7.40. The molecule has 5 nitrogen and oxygen atoms in total. The van der Waals surface area contributed by atoms with Crippen molar-refractivity contribution in [3.63, 3.8) is 0 Å². The van der Waals surface area contributed by atoms with Gasteiger partial charge in [-0.3, -0.25) is 4.79 Å². The number of likely N-dealkylation sites (tertiary alicyclic amines) is 1. The van der Waals surface area contributed by atoms with Crippen molar-refractivity contribution in [2.75, 3.05) is 51.3 Å². The minimum Gasteiger partial charge on any atom is -0.382 e. The molecule has 35 heavy (non-hydrogen) atoms. The van der Waals surface area contributed by atoms with Crippen molar-refractivity contribution in [1.29, 1.82) is 0 Å². The number of morpholine rings is 1. The third-order valence-electron chi connectivity index (χ3n) is 6.37. The number of halogens is 2. The molecular weight excluding hydrogens is 501 g/mol. The fourth-order valence-electron chi connectivity index (χ4n) is 4.43. The van der Waals surface area contributed by atoms with Crippen molar-refractivity contribution in [3.8, 4) is 0 Å². The Labute approximate surface area is 222 Å². The van der Waals surface area contributed by atoms with E-state index < -0.39 is 0 Å². The highest BCUT2D eigenvalue weighted by molar-refractivity contribution is 7.99. The number of anilines is 1. The first-order valence-corrected chi connectivity index (χ1v) is 13.9. The van der Waals surface area contributed by atoms with Gasteiger partial charge < -0.3 is 19.9 Å². The van der Waals surface area contributed by atoms with Crippen molar-refractivity contribution < 1.29 is 9.53 Å². The molecule has 0 aliphatic carbocycles. The fourth-order valence-corrected chi connectivity index (χ4v) is 5.92. The van der Waals surface area contributed by atoms with Crippen molar-refractivity contribution >= 4 is 52.6 Å². The summed E-state index contributed by atoms with van der Waals surface area (Å²) in [6, 6.07) is 12.8. The molecule has 2 aromatic rings. The van der Waals surface area contributed by atoms with Gasteiger partial charge in [-0.15, -0.1) is 0 Å². The van der Waals surface area contributed by atoms with E-state index in [4.69, 9.17) is 27.9 Å². The Bertz CT molecular complexity index is 1040. The number of nitrogens with one attached hydrogen (secondary N) is 1. The van der Waals surface area contributed by atoms with Crippen molar-refractivity contribution in [2.24, 2.45) is 0 Å². The molecule has 2 aliphatic rings. The molecule has 0 spiro atoms. The second kappa shape index (κ2) is 13.0. The van der Waals surface area contributed by atoms with Gasteiger partial charge in [-0.25, -0.2) is 0 Å². The smallest absolute Gasteiger partial charge is 0.246 e. The van der Waals surface area contributed by atoms with Crippen LogP contribution in [0.3, 0.4) is 0 Å². The zero-order valence-corrected chi connectivity index (χ0v) is 22.5. The van der Waals surface area contributed by atoms with Gasteiger partial charge in [0, 0.05) is 53.8 Å². The van der Waals surface area contributed by atoms with E-state index >= 15 is 0 Å². The Kier molecular flexibility index (Phi) is 9.81. The number of hydrogen-bond acceptors (Lipinski definition) is 5. The Morgan fingerprint density at radius 3 is 2.63 bits per heavy atom. The highest BCUT2D eigenvalue weighted by Crippen LogP contribution is 2.40. The summed E-state index contributed by atoms with van der Waals surface area (Å²) in [5, 5.41) is 4.66. The van der Waals surface area contributed by atoms with E-state index in [1.54, 1.807) is 28.8 Å². The number of carbonyl (C=O) groups excluding carboxylic acids is 1. The van der Waals surface area contributed by atoms with E-state index in [0.29, 0.717) is 42.4 Å². The van der Waals surface area contributed by atoms with Gasteiger partial charge in [-0.2, -0.15) is 0 Å². The van der Waals surface area contributed by atoms with Gasteiger partial charge in [0.2, 0.25) is 5.91 Å². The molecule has 4 rings (SSSR count). The molecule has 0 atom stereocenters. The Balaban J connectivity index is 1.37. The normalized spacial score (nSPS) is 17.7. The highest BCUT2D eigenvalue weighted by atomic mass is 35.5. The molecule has 2 aromatic carbocycles. The van der Waals surface area contributed by atoms with Crippen molar-refractivity contribution in [2.45, 2.75) is 42.0 Å². The molecular formula is C27H33Cl2N3O2S. The number of ether oxygens (including phenoxy) is 1. The molecule has 2 fully saturated rings. The first-order valence-electron chi connectivity index (χ1n) is 12.3. The van der Waals surface area contributed by atoms with Crippen LogP contribution in [-0.2, 0) is 9.53 Å². The number of amides is 1. The zero-order chi connectivity index (χ0) is 24.6. The monoisotopic (exact) mass is 533 g/mol. The molecule has 8 heteroatoms. The van der Waals surface area contributed by atoms with E-state index in [9.17, 15) is 4.79 Å². The maximum atomic E-state index is 12.4. The summed E-state index contributed by atoms with van der Waals surface area (Å²) >= 11 is 14.8. The number of rotatable bonds is 8. The maximum Gasteiger partial charge on any atom is 0.246 e. The summed E-state index contributed by atoms with van der Waals surface area (Å²) in [4.78, 5) is 18.7. The van der Waals surface area contributed by atoms with Crippen LogP contribution in [0.15, 0.2) is 52.3 Å². The molecule has 1 N–H and O–H groups in total. The lowest BCUT2D eigenvalue weighted by atomic mass is 10.0. The standard InChI is InChI=1S/C27H33Cl2N3O2S/c1-2-12-31-13-10-21(11-14-31)30-22-4-3-5-23(19-22)35-24-8-6-20(26(28)27(24)29)7-9-25(33)32-15-17-34-18-16-32/h3-9,19,21,30H,2,10-18H2,1H3. The highest BCUT2D eigenvalue weighted by Gasteiger charge is 2.19. The third-order valence-corrected chi connectivity index (χ3v) is 8.42. The number of benzene rings is 2. The molecule has 0 radical (unpaired) electrons. The lowest BCUT2D eigenvalue weighted by Crippen LogP contribution is -2.39. The van der Waals surface area contributed by atoms with E-state index in [1.807, 2.05) is 12.1 Å². The second-order valence-electron chi connectivity index (χ2n) is 8.94. The quantitative estimate of drug-likeness (QED) is 0.403. The molecule has 0 aromatic heterocycles. The summed E-state index contributed by atoms with van der Waals surface area (Å²) in [6.07, 6.45) is 6.84. The summed E-state index contributed by atoms with van der Waals surface area (Å²) in [7, 11) is 0. The van der Waals surface area contributed by atoms with Crippen LogP contribution in [0.5, 0.6) is 0 Å². The molecule has 1 amide bonds. The minimum absolute atomic E-state index is 0.0423. The predicted octanol–water partition coefficient (Wildman–Crippen LogP) is 6.30. The average molecular weight is 535 g/mol. The lowest BCUT2D eigenvalue weighted by molar-refractivity contribution is -0.129. The zero-order valence-electron chi connectivity index (χ0n) is 20.1. The van der Waals surface area contributed by atoms with Crippen LogP contribution in [0.1, 0.15) is 31.7 Å². The van der Waals surface area contributed by atoms with Gasteiger partial charge in [0.25, 0.3) is 0 Å². The summed E-state index contributed by atoms with van der Waals surface area (Å²) in [5.74, 6) is -0.0423. The first kappa shape index (κ1) is 26.4. The van der Waals surface area contributed by atoms with Gasteiger partial charge in [0.1, 0.15) is 0 Å². The number of piperidine rings is 1. The minimum atomic E-state index is -0.0423. The van der Waals surface area contributed by atoms with Crippen LogP contribution >= 0.6 is 35.0 Å².